The average molecular weight is 738 g/mol. The van der Waals surface area contributed by atoms with Crippen molar-refractivity contribution in [3.63, 3.8) is 0 Å². The molecule has 4 N–H and O–H groups in total. The summed E-state index contributed by atoms with van der Waals surface area (Å²) in [6, 6.07) is 17.4. The van der Waals surface area contributed by atoms with Crippen LogP contribution in [0.5, 0.6) is 0 Å². The molecule has 290 valence electrons. The van der Waals surface area contributed by atoms with Crippen molar-refractivity contribution in [2.24, 2.45) is 10.7 Å². The lowest BCUT2D eigenvalue weighted by atomic mass is 10.1. The van der Waals surface area contributed by atoms with Gasteiger partial charge < -0.3 is 31.1 Å². The number of carbonyl (C=O) groups excluding carboxylic acids is 2. The van der Waals surface area contributed by atoms with E-state index in [1.165, 1.54) is 24.4 Å². The van der Waals surface area contributed by atoms with Gasteiger partial charge >= 0.3 is 6.18 Å². The highest BCUT2D eigenvalue weighted by Gasteiger charge is 2.30. The first kappa shape index (κ1) is 44.5. The van der Waals surface area contributed by atoms with E-state index < -0.39 is 17.6 Å². The summed E-state index contributed by atoms with van der Waals surface area (Å²) in [6.45, 7) is 18.7. The molecule has 12 heteroatoms. The molecule has 1 heterocycles. The third-order valence-corrected chi connectivity index (χ3v) is 8.49. The van der Waals surface area contributed by atoms with Crippen molar-refractivity contribution in [1.29, 1.82) is 0 Å². The van der Waals surface area contributed by atoms with E-state index in [1.807, 2.05) is 45.9 Å². The number of amides is 2. The lowest BCUT2D eigenvalue weighted by molar-refractivity contribution is -0.137. The van der Waals surface area contributed by atoms with Crippen LogP contribution >= 0.6 is 0 Å². The molecule has 0 spiro atoms. The molecule has 0 aliphatic carbocycles. The zero-order chi connectivity index (χ0) is 39.4. The lowest BCUT2D eigenvalue weighted by Crippen LogP contribution is -2.32. The Morgan fingerprint density at radius 3 is 2.19 bits per heavy atom. The van der Waals surface area contributed by atoms with Crippen LogP contribution in [0, 0.1) is 0 Å². The Kier molecular flexibility index (Phi) is 19.4. The van der Waals surface area contributed by atoms with E-state index in [-0.39, 0.29) is 23.0 Å². The number of carbonyl (C=O) groups is 2. The minimum absolute atomic E-state index is 0.164. The Morgan fingerprint density at radius 1 is 0.906 bits per heavy atom. The summed E-state index contributed by atoms with van der Waals surface area (Å²) in [6.07, 6.45) is 1.34. The van der Waals surface area contributed by atoms with Crippen molar-refractivity contribution in [3.8, 4) is 0 Å². The molecule has 1 aliphatic heterocycles. The van der Waals surface area contributed by atoms with Crippen molar-refractivity contribution < 1.29 is 22.8 Å². The molecule has 0 atom stereocenters. The number of nitrogens with zero attached hydrogens (tertiary/aromatic N) is 4. The van der Waals surface area contributed by atoms with Crippen LogP contribution < -0.4 is 21.3 Å². The normalized spacial score (nSPS) is 13.3. The van der Waals surface area contributed by atoms with Crippen LogP contribution in [0.2, 0.25) is 0 Å². The molecule has 2 amide bonds. The lowest BCUT2D eigenvalue weighted by Gasteiger charge is -2.29. The number of amidine groups is 1. The minimum Gasteiger partial charge on any atom is -0.384 e. The van der Waals surface area contributed by atoms with E-state index in [1.54, 1.807) is 24.3 Å². The molecule has 0 radical (unpaired) electrons. The summed E-state index contributed by atoms with van der Waals surface area (Å²) >= 11 is 0. The monoisotopic (exact) mass is 737 g/mol. The standard InChI is InChI=1S/C37H46F3N7O2.2C2H6/c1-4-46(5-2)23-22-45(3)26-27-12-14-28(15-13-27)35(48)43-33-17-16-31(47-20-7-6-8-21-47)25-32(33)36(49)44-34(41)18-19-42-30-11-9-10-29(24-30)37(38,39)40;2*1-2/h9-19,24-25,42H,4-8,20-23,26H2,1-3H3,(H,43,48)(H2,41,44,49);2*1-2H3/b19-18-;;. The maximum atomic E-state index is 13.5. The number of likely N-dealkylation sites (N-methyl/N-ethyl adjacent to an activating group) is 2. The van der Waals surface area contributed by atoms with E-state index in [0.717, 1.165) is 88.5 Å². The number of aliphatic imine (C=N–C) groups is 1. The minimum atomic E-state index is -4.48. The predicted molar refractivity (Wildman–Crippen MR) is 214 cm³/mol. The third-order valence-electron chi connectivity index (χ3n) is 8.49. The van der Waals surface area contributed by atoms with Gasteiger partial charge in [-0.25, -0.2) is 0 Å². The molecule has 53 heavy (non-hydrogen) atoms. The highest BCUT2D eigenvalue weighted by molar-refractivity contribution is 6.12. The molecular weight excluding hydrogens is 679 g/mol. The Hall–Kier alpha value is -4.68. The van der Waals surface area contributed by atoms with Gasteiger partial charge in [0.25, 0.3) is 11.8 Å². The topological polar surface area (TPSA) is 106 Å². The number of benzene rings is 3. The van der Waals surface area contributed by atoms with Crippen LogP contribution in [0.3, 0.4) is 0 Å². The Bertz CT molecular complexity index is 1610. The summed E-state index contributed by atoms with van der Waals surface area (Å²) in [5.74, 6) is -1.20. The molecule has 0 aromatic heterocycles. The molecule has 0 unspecified atom stereocenters. The maximum Gasteiger partial charge on any atom is 0.416 e. The SMILES string of the molecule is CC.CC.CCN(CC)CCN(C)Cc1ccc(C(=O)Nc2ccc(N3CCCCC3)cc2C(=O)N=C(N)/C=C\Nc2cccc(C(F)(F)F)c2)cc1. The van der Waals surface area contributed by atoms with Gasteiger partial charge in [-0.2, -0.15) is 18.2 Å². The van der Waals surface area contributed by atoms with Crippen LogP contribution in [0.15, 0.2) is 84.0 Å². The summed E-state index contributed by atoms with van der Waals surface area (Å²) in [4.78, 5) is 37.6. The van der Waals surface area contributed by atoms with E-state index in [0.29, 0.717) is 11.3 Å². The molecule has 9 nitrogen and oxygen atoms in total. The number of nitrogens with two attached hydrogens (primary N) is 1. The molecule has 4 rings (SSSR count). The molecule has 3 aromatic carbocycles. The van der Waals surface area contributed by atoms with E-state index in [9.17, 15) is 22.8 Å². The third kappa shape index (κ3) is 14.7. The predicted octanol–water partition coefficient (Wildman–Crippen LogP) is 8.90. The number of anilines is 3. The smallest absolute Gasteiger partial charge is 0.384 e. The molecular formula is C41H58F3N7O2. The van der Waals surface area contributed by atoms with E-state index >= 15 is 0 Å². The number of alkyl halides is 3. The Morgan fingerprint density at radius 2 is 1.57 bits per heavy atom. The second kappa shape index (κ2) is 23.1. The number of rotatable bonds is 14. The summed E-state index contributed by atoms with van der Waals surface area (Å²) in [5.41, 5.74) is 8.24. The van der Waals surface area contributed by atoms with Crippen molar-refractivity contribution in [2.75, 3.05) is 61.8 Å². The fourth-order valence-corrected chi connectivity index (χ4v) is 5.59. The highest BCUT2D eigenvalue weighted by atomic mass is 19.4. The van der Waals surface area contributed by atoms with Crippen molar-refractivity contribution in [3.05, 3.63) is 101 Å². The molecule has 0 saturated carbocycles. The quantitative estimate of drug-likeness (QED) is 0.112. The Labute approximate surface area is 314 Å². The number of piperidine rings is 1. The zero-order valence-corrected chi connectivity index (χ0v) is 32.4. The average Bonchev–Trinajstić information content (AvgIpc) is 3.17. The van der Waals surface area contributed by atoms with Crippen LogP contribution in [0.25, 0.3) is 0 Å². The van der Waals surface area contributed by atoms with Crippen molar-refractivity contribution >= 4 is 34.7 Å². The summed E-state index contributed by atoms with van der Waals surface area (Å²) in [7, 11) is 2.08. The second-order valence-corrected chi connectivity index (χ2v) is 12.1. The molecule has 1 saturated heterocycles. The number of hydrogen-bond acceptors (Lipinski definition) is 6. The second-order valence-electron chi connectivity index (χ2n) is 12.1. The molecule has 1 fully saturated rings. The molecule has 3 aromatic rings. The fraction of sp³-hybridized carbons (Fsp3) is 0.439. The highest BCUT2D eigenvalue weighted by Crippen LogP contribution is 2.31. The molecule has 1 aliphatic rings. The first-order chi connectivity index (χ1) is 25.5. The van der Waals surface area contributed by atoms with Gasteiger partial charge in [0, 0.05) is 55.9 Å². The number of halogens is 3. The van der Waals surface area contributed by atoms with Gasteiger partial charge in [-0.1, -0.05) is 59.7 Å². The van der Waals surface area contributed by atoms with Crippen LogP contribution in [-0.2, 0) is 12.7 Å². The number of nitrogens with one attached hydrogen (secondary N) is 2. The van der Waals surface area contributed by atoms with Gasteiger partial charge in [0.1, 0.15) is 5.84 Å². The van der Waals surface area contributed by atoms with Gasteiger partial charge in [0.2, 0.25) is 0 Å². The summed E-state index contributed by atoms with van der Waals surface area (Å²) in [5, 5.41) is 5.59. The number of hydrogen-bond donors (Lipinski definition) is 3. The first-order valence-electron chi connectivity index (χ1n) is 18.7. The van der Waals surface area contributed by atoms with Gasteiger partial charge in [0.05, 0.1) is 16.8 Å². The van der Waals surface area contributed by atoms with Crippen LogP contribution in [-0.4, -0.2) is 73.8 Å². The molecule has 0 bridgehead atoms. The fourth-order valence-electron chi connectivity index (χ4n) is 5.59. The van der Waals surface area contributed by atoms with Gasteiger partial charge in [-0.05, 0) is 99.6 Å². The van der Waals surface area contributed by atoms with Crippen LogP contribution in [0.1, 0.15) is 92.6 Å². The maximum absolute atomic E-state index is 13.5. The van der Waals surface area contributed by atoms with E-state index in [4.69, 9.17) is 5.73 Å². The van der Waals surface area contributed by atoms with Gasteiger partial charge in [-0.3, -0.25) is 9.59 Å². The van der Waals surface area contributed by atoms with Gasteiger partial charge in [-0.15, -0.1) is 0 Å². The largest absolute Gasteiger partial charge is 0.416 e. The van der Waals surface area contributed by atoms with Crippen LogP contribution in [0.4, 0.5) is 30.2 Å². The van der Waals surface area contributed by atoms with Crippen molar-refractivity contribution in [1.82, 2.24) is 9.80 Å². The zero-order valence-electron chi connectivity index (χ0n) is 32.4. The first-order valence-corrected chi connectivity index (χ1v) is 18.7. The van der Waals surface area contributed by atoms with E-state index in [2.05, 4.69) is 51.2 Å². The Balaban J connectivity index is 0.00000235. The summed E-state index contributed by atoms with van der Waals surface area (Å²) < 4.78 is 39.1. The van der Waals surface area contributed by atoms with Crippen molar-refractivity contribution in [2.45, 2.75) is 73.5 Å². The van der Waals surface area contributed by atoms with Gasteiger partial charge in [0.15, 0.2) is 0 Å².